The van der Waals surface area contributed by atoms with Gasteiger partial charge in [0, 0.05) is 12.1 Å². The van der Waals surface area contributed by atoms with Crippen LogP contribution in [0.4, 0.5) is 0 Å². The molecule has 2 atom stereocenters. The van der Waals surface area contributed by atoms with Crippen LogP contribution in [0.5, 0.6) is 23.0 Å². The highest BCUT2D eigenvalue weighted by Crippen LogP contribution is 2.50. The van der Waals surface area contributed by atoms with Crippen LogP contribution in [-0.2, 0) is 11.2 Å². The SMILES string of the molecule is COc1ccc2c(c1O)C(=O)O[C@@H]2[C@H]1c2cc3c(cc2CCN1C)OCO3. The van der Waals surface area contributed by atoms with Crippen molar-refractivity contribution in [1.29, 1.82) is 0 Å². The first-order valence-electron chi connectivity index (χ1n) is 8.82. The van der Waals surface area contributed by atoms with Crippen molar-refractivity contribution in [3.8, 4) is 23.0 Å². The molecule has 3 heterocycles. The molecule has 1 N–H and O–H groups in total. The van der Waals surface area contributed by atoms with Crippen LogP contribution in [0.1, 0.15) is 39.2 Å². The molecule has 140 valence electrons. The number of benzene rings is 2. The highest BCUT2D eigenvalue weighted by atomic mass is 16.7. The molecule has 0 unspecified atom stereocenters. The number of nitrogens with zero attached hydrogens (tertiary/aromatic N) is 1. The van der Waals surface area contributed by atoms with E-state index in [1.54, 1.807) is 12.1 Å². The lowest BCUT2D eigenvalue weighted by Crippen LogP contribution is -2.36. The summed E-state index contributed by atoms with van der Waals surface area (Å²) in [6, 6.07) is 7.26. The first-order chi connectivity index (χ1) is 13.1. The smallest absolute Gasteiger partial charge is 0.343 e. The summed E-state index contributed by atoms with van der Waals surface area (Å²) in [5.74, 6) is 1.01. The van der Waals surface area contributed by atoms with E-state index in [4.69, 9.17) is 18.9 Å². The van der Waals surface area contributed by atoms with Crippen LogP contribution in [-0.4, -0.2) is 43.5 Å². The Morgan fingerprint density at radius 3 is 2.74 bits per heavy atom. The van der Waals surface area contributed by atoms with Gasteiger partial charge in [-0.1, -0.05) is 6.07 Å². The van der Waals surface area contributed by atoms with Crippen LogP contribution in [0.3, 0.4) is 0 Å². The molecule has 7 heteroatoms. The van der Waals surface area contributed by atoms with Crippen LogP contribution >= 0.6 is 0 Å². The van der Waals surface area contributed by atoms with Crippen molar-refractivity contribution in [3.63, 3.8) is 0 Å². The molecule has 7 nitrogen and oxygen atoms in total. The largest absolute Gasteiger partial charge is 0.504 e. The molecule has 0 spiro atoms. The molecule has 0 bridgehead atoms. The molecular weight excluding hydrogens is 350 g/mol. The Morgan fingerprint density at radius 2 is 1.96 bits per heavy atom. The zero-order valence-electron chi connectivity index (χ0n) is 15.0. The van der Waals surface area contributed by atoms with Gasteiger partial charge >= 0.3 is 5.97 Å². The van der Waals surface area contributed by atoms with Gasteiger partial charge in [0.1, 0.15) is 11.7 Å². The number of rotatable bonds is 2. The van der Waals surface area contributed by atoms with E-state index in [1.807, 2.05) is 19.2 Å². The van der Waals surface area contributed by atoms with Gasteiger partial charge in [0.05, 0.1) is 13.2 Å². The fourth-order valence-electron chi connectivity index (χ4n) is 4.24. The fraction of sp³-hybridized carbons (Fsp3) is 0.350. The molecule has 5 rings (SSSR count). The molecule has 0 aliphatic carbocycles. The topological polar surface area (TPSA) is 77.5 Å². The average Bonchev–Trinajstić information content (AvgIpc) is 3.24. The van der Waals surface area contributed by atoms with Crippen molar-refractivity contribution in [2.45, 2.75) is 18.6 Å². The maximum absolute atomic E-state index is 12.5. The number of likely N-dealkylation sites (N-methyl/N-ethyl adjacent to an activating group) is 1. The van der Waals surface area contributed by atoms with Gasteiger partial charge in [-0.2, -0.15) is 0 Å². The molecule has 0 amide bonds. The van der Waals surface area contributed by atoms with E-state index in [0.29, 0.717) is 11.3 Å². The van der Waals surface area contributed by atoms with E-state index >= 15 is 0 Å². The van der Waals surface area contributed by atoms with Crippen LogP contribution in [0, 0.1) is 0 Å². The molecule has 0 saturated heterocycles. The Balaban J connectivity index is 1.63. The van der Waals surface area contributed by atoms with Crippen molar-refractivity contribution in [1.82, 2.24) is 4.90 Å². The first kappa shape index (κ1) is 16.3. The third-order valence-electron chi connectivity index (χ3n) is 5.59. The monoisotopic (exact) mass is 369 g/mol. The number of carbonyl (C=O) groups excluding carboxylic acids is 1. The average molecular weight is 369 g/mol. The molecule has 0 fully saturated rings. The van der Waals surface area contributed by atoms with Crippen LogP contribution in [0.2, 0.25) is 0 Å². The number of cyclic esters (lactones) is 1. The molecule has 3 aliphatic heterocycles. The summed E-state index contributed by atoms with van der Waals surface area (Å²) < 4.78 is 21.9. The van der Waals surface area contributed by atoms with E-state index in [1.165, 1.54) is 7.11 Å². The van der Waals surface area contributed by atoms with Gasteiger partial charge in [-0.3, -0.25) is 4.90 Å². The zero-order valence-corrected chi connectivity index (χ0v) is 15.0. The Labute approximate surface area is 156 Å². The number of phenols is 1. The molecule has 2 aromatic carbocycles. The lowest BCUT2D eigenvalue weighted by molar-refractivity contribution is 0.00936. The highest BCUT2D eigenvalue weighted by Gasteiger charge is 2.44. The van der Waals surface area contributed by atoms with Crippen molar-refractivity contribution in [2.75, 3.05) is 27.5 Å². The van der Waals surface area contributed by atoms with Crippen LogP contribution in [0.15, 0.2) is 24.3 Å². The summed E-state index contributed by atoms with van der Waals surface area (Å²) in [7, 11) is 3.46. The number of methoxy groups -OCH3 is 1. The van der Waals surface area contributed by atoms with E-state index in [0.717, 1.165) is 29.8 Å². The molecule has 27 heavy (non-hydrogen) atoms. The molecular formula is C20H19NO6. The van der Waals surface area contributed by atoms with Gasteiger partial charge in [0.15, 0.2) is 23.0 Å². The minimum absolute atomic E-state index is 0.174. The van der Waals surface area contributed by atoms with E-state index < -0.39 is 12.1 Å². The summed E-state index contributed by atoms with van der Waals surface area (Å²) in [6.07, 6.45) is 0.356. The number of hydrogen-bond donors (Lipinski definition) is 1. The number of phenolic OH excluding ortho intramolecular Hbond substituents is 1. The Bertz CT molecular complexity index is 956. The maximum atomic E-state index is 12.5. The summed E-state index contributed by atoms with van der Waals surface area (Å²) in [5.41, 5.74) is 3.06. The Kier molecular flexibility index (Phi) is 3.48. The highest BCUT2D eigenvalue weighted by molar-refractivity contribution is 5.98. The second kappa shape index (κ2) is 5.79. The molecule has 0 radical (unpaired) electrons. The number of hydrogen-bond acceptors (Lipinski definition) is 7. The molecule has 0 saturated carbocycles. The second-order valence-electron chi connectivity index (χ2n) is 6.99. The number of carbonyl (C=O) groups is 1. The third-order valence-corrected chi connectivity index (χ3v) is 5.59. The second-order valence-corrected chi connectivity index (χ2v) is 6.99. The van der Waals surface area contributed by atoms with Crippen molar-refractivity contribution >= 4 is 5.97 Å². The Hall–Kier alpha value is -2.93. The summed E-state index contributed by atoms with van der Waals surface area (Å²) in [6.45, 7) is 1.04. The molecule has 3 aliphatic rings. The number of esters is 1. The zero-order chi connectivity index (χ0) is 18.7. The van der Waals surface area contributed by atoms with Gasteiger partial charge in [-0.15, -0.1) is 0 Å². The fourth-order valence-corrected chi connectivity index (χ4v) is 4.24. The van der Waals surface area contributed by atoms with Gasteiger partial charge in [0.2, 0.25) is 6.79 Å². The van der Waals surface area contributed by atoms with E-state index in [-0.39, 0.29) is 29.9 Å². The third kappa shape index (κ3) is 2.28. The molecule has 2 aromatic rings. The van der Waals surface area contributed by atoms with Crippen molar-refractivity contribution in [3.05, 3.63) is 46.5 Å². The van der Waals surface area contributed by atoms with Crippen LogP contribution in [0.25, 0.3) is 0 Å². The van der Waals surface area contributed by atoms with Gasteiger partial charge < -0.3 is 24.1 Å². The number of fused-ring (bicyclic) bond motifs is 3. The van der Waals surface area contributed by atoms with Gasteiger partial charge in [0.25, 0.3) is 0 Å². The predicted octanol–water partition coefficient (Wildman–Crippen LogP) is 2.57. The quantitative estimate of drug-likeness (QED) is 0.815. The standard InChI is InChI=1S/C20H19NO6/c1-21-6-5-10-7-14-15(26-9-25-14)8-12(10)17(21)19-11-3-4-13(24-2)18(22)16(11)20(23)27-19/h3-4,7-8,17,19,22H,5-6,9H2,1-2H3/t17-,19+/m1/s1. The van der Waals surface area contributed by atoms with Crippen molar-refractivity contribution < 1.29 is 28.8 Å². The number of aromatic hydroxyl groups is 1. The van der Waals surface area contributed by atoms with E-state index in [9.17, 15) is 9.90 Å². The lowest BCUT2D eigenvalue weighted by Gasteiger charge is -2.37. The summed E-state index contributed by atoms with van der Waals surface area (Å²) in [5, 5.41) is 10.4. The molecule has 0 aromatic heterocycles. The van der Waals surface area contributed by atoms with Gasteiger partial charge in [-0.25, -0.2) is 4.79 Å². The predicted molar refractivity (Wildman–Crippen MR) is 94.5 cm³/mol. The normalized spacial score (nSPS) is 23.0. The Morgan fingerprint density at radius 1 is 1.19 bits per heavy atom. The minimum Gasteiger partial charge on any atom is -0.504 e. The maximum Gasteiger partial charge on any atom is 0.343 e. The minimum atomic E-state index is -0.535. The van der Waals surface area contributed by atoms with E-state index in [2.05, 4.69) is 4.90 Å². The van der Waals surface area contributed by atoms with Gasteiger partial charge in [-0.05, 0) is 42.8 Å². The first-order valence-corrected chi connectivity index (χ1v) is 8.82. The number of ether oxygens (including phenoxy) is 4. The lowest BCUT2D eigenvalue weighted by atomic mass is 9.86. The van der Waals surface area contributed by atoms with Crippen LogP contribution < -0.4 is 14.2 Å². The van der Waals surface area contributed by atoms with Crippen molar-refractivity contribution in [2.24, 2.45) is 0 Å². The summed E-state index contributed by atoms with van der Waals surface area (Å²) >= 11 is 0. The summed E-state index contributed by atoms with van der Waals surface area (Å²) in [4.78, 5) is 14.7.